The highest BCUT2D eigenvalue weighted by Crippen LogP contribution is 2.22. The number of carbonyl (C=O) groups excluding carboxylic acids is 1. The molecule has 0 aliphatic carbocycles. The number of rotatable bonds is 1. The van der Waals surface area contributed by atoms with Crippen LogP contribution in [0.3, 0.4) is 0 Å². The number of halogens is 3. The SMILES string of the molecule is CC1CCCN1C(=O)c1ccc(F)c(F)c1F. The van der Waals surface area contributed by atoms with Crippen LogP contribution in [0.1, 0.15) is 30.1 Å². The Labute approximate surface area is 97.0 Å². The van der Waals surface area contributed by atoms with Gasteiger partial charge >= 0.3 is 0 Å². The lowest BCUT2D eigenvalue weighted by molar-refractivity contribution is 0.0741. The highest BCUT2D eigenvalue weighted by atomic mass is 19.2. The van der Waals surface area contributed by atoms with E-state index in [1.54, 1.807) is 0 Å². The van der Waals surface area contributed by atoms with E-state index in [4.69, 9.17) is 0 Å². The maximum absolute atomic E-state index is 13.4. The van der Waals surface area contributed by atoms with Crippen LogP contribution in [0.2, 0.25) is 0 Å². The minimum Gasteiger partial charge on any atom is -0.336 e. The first-order valence-corrected chi connectivity index (χ1v) is 5.47. The predicted molar refractivity (Wildman–Crippen MR) is 56.0 cm³/mol. The zero-order valence-electron chi connectivity index (χ0n) is 9.34. The van der Waals surface area contributed by atoms with Crippen LogP contribution in [0.15, 0.2) is 12.1 Å². The first-order chi connectivity index (χ1) is 8.02. The van der Waals surface area contributed by atoms with Gasteiger partial charge in [-0.3, -0.25) is 4.79 Å². The third kappa shape index (κ3) is 2.01. The van der Waals surface area contributed by atoms with E-state index in [-0.39, 0.29) is 6.04 Å². The number of hydrogen-bond acceptors (Lipinski definition) is 1. The maximum atomic E-state index is 13.4. The summed E-state index contributed by atoms with van der Waals surface area (Å²) >= 11 is 0. The Morgan fingerprint density at radius 1 is 1.29 bits per heavy atom. The lowest BCUT2D eigenvalue weighted by Crippen LogP contribution is -2.34. The molecule has 0 aromatic heterocycles. The summed E-state index contributed by atoms with van der Waals surface area (Å²) in [5.74, 6) is -4.86. The quantitative estimate of drug-likeness (QED) is 0.694. The highest BCUT2D eigenvalue weighted by molar-refractivity contribution is 5.94. The molecule has 1 aromatic carbocycles. The molecule has 2 nitrogen and oxygen atoms in total. The molecule has 2 rings (SSSR count). The Morgan fingerprint density at radius 2 is 2.00 bits per heavy atom. The number of benzene rings is 1. The highest BCUT2D eigenvalue weighted by Gasteiger charge is 2.29. The van der Waals surface area contributed by atoms with Gasteiger partial charge in [-0.2, -0.15) is 0 Å². The molecule has 17 heavy (non-hydrogen) atoms. The summed E-state index contributed by atoms with van der Waals surface area (Å²) in [5, 5.41) is 0. The van der Waals surface area contributed by atoms with Gasteiger partial charge in [0.1, 0.15) is 0 Å². The van der Waals surface area contributed by atoms with Crippen molar-refractivity contribution in [3.63, 3.8) is 0 Å². The summed E-state index contributed by atoms with van der Waals surface area (Å²) in [6, 6.07) is 1.77. The van der Waals surface area contributed by atoms with Crippen molar-refractivity contribution >= 4 is 5.91 Å². The first kappa shape index (κ1) is 12.0. The van der Waals surface area contributed by atoms with E-state index in [2.05, 4.69) is 0 Å². The molecule has 0 spiro atoms. The van der Waals surface area contributed by atoms with Gasteiger partial charge in [0.15, 0.2) is 17.5 Å². The fourth-order valence-corrected chi connectivity index (χ4v) is 2.08. The molecule has 1 fully saturated rings. The van der Waals surface area contributed by atoms with Crippen molar-refractivity contribution in [2.24, 2.45) is 0 Å². The van der Waals surface area contributed by atoms with Gasteiger partial charge in [0, 0.05) is 12.6 Å². The minimum absolute atomic E-state index is 0.00927. The number of hydrogen-bond donors (Lipinski definition) is 0. The molecule has 1 saturated heterocycles. The fourth-order valence-electron chi connectivity index (χ4n) is 2.08. The molecule has 0 saturated carbocycles. The molecular formula is C12H12F3NO. The van der Waals surface area contributed by atoms with Crippen LogP contribution in [0.5, 0.6) is 0 Å². The van der Waals surface area contributed by atoms with Gasteiger partial charge in [0.05, 0.1) is 5.56 Å². The second-order valence-corrected chi connectivity index (χ2v) is 4.21. The minimum atomic E-state index is -1.59. The van der Waals surface area contributed by atoms with Gasteiger partial charge in [-0.05, 0) is 31.9 Å². The number of amides is 1. The first-order valence-electron chi connectivity index (χ1n) is 5.47. The molecule has 92 valence electrons. The zero-order chi connectivity index (χ0) is 12.6. The van der Waals surface area contributed by atoms with Crippen molar-refractivity contribution in [2.45, 2.75) is 25.8 Å². The van der Waals surface area contributed by atoms with Gasteiger partial charge in [-0.1, -0.05) is 0 Å². The van der Waals surface area contributed by atoms with Crippen molar-refractivity contribution < 1.29 is 18.0 Å². The van der Waals surface area contributed by atoms with Gasteiger partial charge in [-0.25, -0.2) is 13.2 Å². The molecule has 1 unspecified atom stereocenters. The summed E-state index contributed by atoms with van der Waals surface area (Å²) in [6.07, 6.45) is 1.69. The number of nitrogens with zero attached hydrogens (tertiary/aromatic N) is 1. The predicted octanol–water partition coefficient (Wildman–Crippen LogP) is 2.73. The average Bonchev–Trinajstić information content (AvgIpc) is 2.72. The van der Waals surface area contributed by atoms with Gasteiger partial charge in [-0.15, -0.1) is 0 Å². The molecule has 1 aliphatic heterocycles. The Bertz CT molecular complexity index is 461. The van der Waals surface area contributed by atoms with E-state index in [9.17, 15) is 18.0 Å². The van der Waals surface area contributed by atoms with Crippen molar-refractivity contribution in [1.29, 1.82) is 0 Å². The van der Waals surface area contributed by atoms with Crippen molar-refractivity contribution in [3.05, 3.63) is 35.1 Å². The summed E-state index contributed by atoms with van der Waals surface area (Å²) in [6.45, 7) is 2.38. The Balaban J connectivity index is 2.34. The summed E-state index contributed by atoms with van der Waals surface area (Å²) in [7, 11) is 0. The van der Waals surface area contributed by atoms with Crippen molar-refractivity contribution in [2.75, 3.05) is 6.54 Å². The van der Waals surface area contributed by atoms with E-state index >= 15 is 0 Å². The van der Waals surface area contributed by atoms with E-state index in [0.29, 0.717) is 6.54 Å². The molecule has 1 aromatic rings. The summed E-state index contributed by atoms with van der Waals surface area (Å²) in [4.78, 5) is 13.4. The van der Waals surface area contributed by atoms with Crippen molar-refractivity contribution in [3.8, 4) is 0 Å². The molecular weight excluding hydrogens is 231 g/mol. The van der Waals surface area contributed by atoms with Crippen LogP contribution < -0.4 is 0 Å². The molecule has 0 N–H and O–H groups in total. The summed E-state index contributed by atoms with van der Waals surface area (Å²) in [5.41, 5.74) is -0.405. The standard InChI is InChI=1S/C12H12F3NO/c1-7-3-2-6-16(7)12(17)8-4-5-9(13)11(15)10(8)14/h4-5,7H,2-3,6H2,1H3. The fraction of sp³-hybridized carbons (Fsp3) is 0.417. The molecule has 5 heteroatoms. The molecule has 0 bridgehead atoms. The maximum Gasteiger partial charge on any atom is 0.257 e. The van der Waals surface area contributed by atoms with Gasteiger partial charge < -0.3 is 4.90 Å². The zero-order valence-corrected chi connectivity index (χ0v) is 9.34. The molecule has 0 radical (unpaired) electrons. The Morgan fingerprint density at radius 3 is 2.59 bits per heavy atom. The third-order valence-corrected chi connectivity index (χ3v) is 3.08. The lowest BCUT2D eigenvalue weighted by Gasteiger charge is -2.21. The Hall–Kier alpha value is -1.52. The smallest absolute Gasteiger partial charge is 0.257 e. The molecule has 1 heterocycles. The second kappa shape index (κ2) is 4.39. The number of carbonyl (C=O) groups is 1. The van der Waals surface area contributed by atoms with Crippen molar-refractivity contribution in [1.82, 2.24) is 4.90 Å². The van der Waals surface area contributed by atoms with E-state index in [0.717, 1.165) is 25.0 Å². The van der Waals surface area contributed by atoms with Crippen LogP contribution in [0.25, 0.3) is 0 Å². The van der Waals surface area contributed by atoms with Crippen LogP contribution >= 0.6 is 0 Å². The van der Waals surface area contributed by atoms with Crippen LogP contribution in [0.4, 0.5) is 13.2 Å². The van der Waals surface area contributed by atoms with Gasteiger partial charge in [0.25, 0.3) is 5.91 Å². The lowest BCUT2D eigenvalue weighted by atomic mass is 10.1. The summed E-state index contributed by atoms with van der Waals surface area (Å²) < 4.78 is 39.2. The van der Waals surface area contributed by atoms with E-state index < -0.39 is 28.9 Å². The molecule has 1 amide bonds. The van der Waals surface area contributed by atoms with Crippen LogP contribution in [-0.2, 0) is 0 Å². The largest absolute Gasteiger partial charge is 0.336 e. The topological polar surface area (TPSA) is 20.3 Å². The molecule has 1 atom stereocenters. The molecule has 1 aliphatic rings. The second-order valence-electron chi connectivity index (χ2n) is 4.21. The average molecular weight is 243 g/mol. The van der Waals surface area contributed by atoms with Crippen LogP contribution in [0, 0.1) is 17.5 Å². The normalized spacial score (nSPS) is 19.8. The van der Waals surface area contributed by atoms with E-state index in [1.807, 2.05) is 6.92 Å². The van der Waals surface area contributed by atoms with Gasteiger partial charge in [0.2, 0.25) is 0 Å². The van der Waals surface area contributed by atoms with E-state index in [1.165, 1.54) is 4.90 Å². The Kier molecular flexibility index (Phi) is 3.09. The van der Waals surface area contributed by atoms with Crippen LogP contribution in [-0.4, -0.2) is 23.4 Å². The third-order valence-electron chi connectivity index (χ3n) is 3.08. The monoisotopic (exact) mass is 243 g/mol. The number of likely N-dealkylation sites (tertiary alicyclic amines) is 1.